The summed E-state index contributed by atoms with van der Waals surface area (Å²) < 4.78 is 15.5. The van der Waals surface area contributed by atoms with E-state index in [1.165, 1.54) is 12.1 Å². The molecular weight excluding hydrogens is 405 g/mol. The SMILES string of the molecule is Fc1ccc(Cn2c(NC3CCN(CCNc4ncc[nH]4)CC3)nc3ccccc32)cc1. The highest BCUT2D eigenvalue weighted by Crippen LogP contribution is 2.24. The Morgan fingerprint density at radius 3 is 2.66 bits per heavy atom. The second kappa shape index (κ2) is 9.40. The van der Waals surface area contributed by atoms with E-state index >= 15 is 0 Å². The average molecular weight is 434 g/mol. The third-order valence-electron chi connectivity index (χ3n) is 6.05. The number of imidazole rings is 2. The fraction of sp³-hybridized carbons (Fsp3) is 0.333. The first-order valence-electron chi connectivity index (χ1n) is 11.2. The minimum Gasteiger partial charge on any atom is -0.355 e. The molecule has 0 spiro atoms. The molecule has 2 aromatic heterocycles. The van der Waals surface area contributed by atoms with Crippen LogP contribution in [0, 0.1) is 5.82 Å². The molecule has 1 aliphatic heterocycles. The van der Waals surface area contributed by atoms with Crippen molar-refractivity contribution in [1.29, 1.82) is 0 Å². The van der Waals surface area contributed by atoms with Gasteiger partial charge in [-0.3, -0.25) is 0 Å². The van der Waals surface area contributed by atoms with Gasteiger partial charge in [0.05, 0.1) is 17.6 Å². The molecule has 3 heterocycles. The van der Waals surface area contributed by atoms with Crippen molar-refractivity contribution >= 4 is 22.9 Å². The Balaban J connectivity index is 1.22. The molecule has 1 fully saturated rings. The lowest BCUT2D eigenvalue weighted by Crippen LogP contribution is -2.41. The first kappa shape index (κ1) is 20.5. The lowest BCUT2D eigenvalue weighted by molar-refractivity contribution is 0.226. The Hall–Kier alpha value is -3.39. The molecule has 7 nitrogen and oxygen atoms in total. The molecular formula is C24H28FN7. The molecule has 1 saturated heterocycles. The van der Waals surface area contributed by atoms with Gasteiger partial charge in [0.1, 0.15) is 5.82 Å². The molecule has 32 heavy (non-hydrogen) atoms. The van der Waals surface area contributed by atoms with Gasteiger partial charge in [-0.1, -0.05) is 24.3 Å². The molecule has 0 amide bonds. The Morgan fingerprint density at radius 1 is 1.06 bits per heavy atom. The van der Waals surface area contributed by atoms with E-state index in [9.17, 15) is 4.39 Å². The zero-order valence-corrected chi connectivity index (χ0v) is 18.0. The lowest BCUT2D eigenvalue weighted by atomic mass is 10.1. The number of likely N-dealkylation sites (tertiary alicyclic amines) is 1. The minimum atomic E-state index is -0.214. The number of nitrogens with zero attached hydrogens (tertiary/aromatic N) is 4. The smallest absolute Gasteiger partial charge is 0.204 e. The Bertz CT molecular complexity index is 1130. The number of piperidine rings is 1. The van der Waals surface area contributed by atoms with E-state index in [2.05, 4.69) is 36.1 Å². The van der Waals surface area contributed by atoms with Crippen LogP contribution < -0.4 is 10.6 Å². The largest absolute Gasteiger partial charge is 0.355 e. The molecule has 166 valence electrons. The summed E-state index contributed by atoms with van der Waals surface area (Å²) in [5.74, 6) is 1.49. The maximum absolute atomic E-state index is 13.3. The van der Waals surface area contributed by atoms with Crippen LogP contribution in [0.2, 0.25) is 0 Å². The van der Waals surface area contributed by atoms with Gasteiger partial charge in [0.2, 0.25) is 5.95 Å². The molecule has 0 atom stereocenters. The van der Waals surface area contributed by atoms with Gasteiger partial charge in [0.15, 0.2) is 5.95 Å². The molecule has 1 aliphatic rings. The van der Waals surface area contributed by atoms with E-state index in [1.807, 2.05) is 36.5 Å². The fourth-order valence-corrected chi connectivity index (χ4v) is 4.30. The van der Waals surface area contributed by atoms with Crippen LogP contribution in [0.15, 0.2) is 60.9 Å². The van der Waals surface area contributed by atoms with E-state index in [0.29, 0.717) is 12.6 Å². The molecule has 2 aromatic carbocycles. The van der Waals surface area contributed by atoms with Crippen LogP contribution in [-0.4, -0.2) is 56.6 Å². The summed E-state index contributed by atoms with van der Waals surface area (Å²) in [5.41, 5.74) is 3.11. The van der Waals surface area contributed by atoms with E-state index in [0.717, 1.165) is 67.5 Å². The number of anilines is 2. The monoisotopic (exact) mass is 433 g/mol. The number of fused-ring (bicyclic) bond motifs is 1. The summed E-state index contributed by atoms with van der Waals surface area (Å²) in [7, 11) is 0. The van der Waals surface area contributed by atoms with Gasteiger partial charge >= 0.3 is 0 Å². The Morgan fingerprint density at radius 2 is 1.88 bits per heavy atom. The number of aromatic amines is 1. The number of para-hydroxylation sites is 2. The summed E-state index contributed by atoms with van der Waals surface area (Å²) in [6, 6.07) is 15.2. The summed E-state index contributed by atoms with van der Waals surface area (Å²) in [6.07, 6.45) is 5.72. The van der Waals surface area contributed by atoms with E-state index in [-0.39, 0.29) is 5.82 Å². The first-order valence-corrected chi connectivity index (χ1v) is 11.2. The molecule has 0 aliphatic carbocycles. The number of rotatable bonds is 8. The van der Waals surface area contributed by atoms with Crippen molar-refractivity contribution in [2.45, 2.75) is 25.4 Å². The van der Waals surface area contributed by atoms with Crippen molar-refractivity contribution in [3.05, 3.63) is 72.3 Å². The predicted octanol–water partition coefficient (Wildman–Crippen LogP) is 3.94. The maximum atomic E-state index is 13.3. The summed E-state index contributed by atoms with van der Waals surface area (Å²) in [4.78, 5) is 14.6. The van der Waals surface area contributed by atoms with Crippen molar-refractivity contribution in [3.63, 3.8) is 0 Å². The van der Waals surface area contributed by atoms with Crippen LogP contribution in [0.4, 0.5) is 16.3 Å². The number of hydrogen-bond acceptors (Lipinski definition) is 5. The van der Waals surface area contributed by atoms with Crippen LogP contribution in [0.3, 0.4) is 0 Å². The number of halogens is 1. The molecule has 0 saturated carbocycles. The van der Waals surface area contributed by atoms with Crippen LogP contribution in [0.1, 0.15) is 18.4 Å². The van der Waals surface area contributed by atoms with Crippen LogP contribution >= 0.6 is 0 Å². The number of nitrogens with one attached hydrogen (secondary N) is 3. The predicted molar refractivity (Wildman–Crippen MR) is 125 cm³/mol. The second-order valence-electron chi connectivity index (χ2n) is 8.26. The van der Waals surface area contributed by atoms with Crippen LogP contribution in [-0.2, 0) is 6.54 Å². The maximum Gasteiger partial charge on any atom is 0.204 e. The standard InChI is InChI=1S/C24H28FN7/c25-19-7-5-18(6-8-19)17-32-22-4-2-1-3-21(22)30-24(32)29-20-9-14-31(15-10-20)16-13-28-23-26-11-12-27-23/h1-8,11-12,20H,9-10,13-17H2,(H,29,30)(H2,26,27,28). The van der Waals surface area contributed by atoms with Gasteiger partial charge < -0.3 is 25.1 Å². The summed E-state index contributed by atoms with van der Waals surface area (Å²) in [6.45, 7) is 4.63. The molecule has 0 unspecified atom stereocenters. The normalized spacial score (nSPS) is 15.3. The van der Waals surface area contributed by atoms with E-state index < -0.39 is 0 Å². The highest BCUT2D eigenvalue weighted by atomic mass is 19.1. The van der Waals surface area contributed by atoms with E-state index in [1.54, 1.807) is 6.20 Å². The van der Waals surface area contributed by atoms with Gasteiger partial charge in [0, 0.05) is 44.6 Å². The molecule has 8 heteroatoms. The van der Waals surface area contributed by atoms with Gasteiger partial charge in [-0.15, -0.1) is 0 Å². The number of benzene rings is 2. The summed E-state index contributed by atoms with van der Waals surface area (Å²) in [5, 5.41) is 7.00. The third-order valence-corrected chi connectivity index (χ3v) is 6.05. The number of H-pyrrole nitrogens is 1. The molecule has 0 bridgehead atoms. The minimum absolute atomic E-state index is 0.214. The topological polar surface area (TPSA) is 73.8 Å². The third kappa shape index (κ3) is 4.75. The van der Waals surface area contributed by atoms with Crippen molar-refractivity contribution < 1.29 is 4.39 Å². The average Bonchev–Trinajstić information content (AvgIpc) is 3.45. The number of hydrogen-bond donors (Lipinski definition) is 3. The van der Waals surface area contributed by atoms with Crippen molar-refractivity contribution in [2.24, 2.45) is 0 Å². The molecule has 5 rings (SSSR count). The zero-order valence-electron chi connectivity index (χ0n) is 18.0. The highest BCUT2D eigenvalue weighted by Gasteiger charge is 2.21. The van der Waals surface area contributed by atoms with Gasteiger partial charge in [0.25, 0.3) is 0 Å². The first-order chi connectivity index (χ1) is 15.7. The zero-order chi connectivity index (χ0) is 21.8. The fourth-order valence-electron chi connectivity index (χ4n) is 4.30. The number of aromatic nitrogens is 4. The van der Waals surface area contributed by atoms with Gasteiger partial charge in [-0.05, 0) is 42.7 Å². The van der Waals surface area contributed by atoms with Crippen molar-refractivity contribution in [2.75, 3.05) is 36.8 Å². The van der Waals surface area contributed by atoms with Crippen LogP contribution in [0.25, 0.3) is 11.0 Å². The Kier molecular flexibility index (Phi) is 6.02. The van der Waals surface area contributed by atoms with E-state index in [4.69, 9.17) is 4.98 Å². The van der Waals surface area contributed by atoms with Crippen molar-refractivity contribution in [1.82, 2.24) is 24.4 Å². The van der Waals surface area contributed by atoms with Crippen molar-refractivity contribution in [3.8, 4) is 0 Å². The summed E-state index contributed by atoms with van der Waals surface area (Å²) >= 11 is 0. The Labute approximate surface area is 186 Å². The van der Waals surface area contributed by atoms with Gasteiger partial charge in [-0.25, -0.2) is 14.4 Å². The quantitative estimate of drug-likeness (QED) is 0.393. The van der Waals surface area contributed by atoms with Crippen LogP contribution in [0.5, 0.6) is 0 Å². The molecule has 4 aromatic rings. The molecule has 0 radical (unpaired) electrons. The highest BCUT2D eigenvalue weighted by molar-refractivity contribution is 5.78. The second-order valence-corrected chi connectivity index (χ2v) is 8.26. The molecule has 3 N–H and O–H groups in total. The van der Waals surface area contributed by atoms with Gasteiger partial charge in [-0.2, -0.15) is 0 Å². The lowest BCUT2D eigenvalue weighted by Gasteiger charge is -2.32.